The van der Waals surface area contributed by atoms with Gasteiger partial charge in [0, 0.05) is 13.1 Å². The van der Waals surface area contributed by atoms with Gasteiger partial charge in [-0.05, 0) is 55.4 Å². The van der Waals surface area contributed by atoms with Crippen molar-refractivity contribution < 1.29 is 13.2 Å². The van der Waals surface area contributed by atoms with Crippen molar-refractivity contribution in [3.63, 3.8) is 0 Å². The molecule has 5 heteroatoms. The fraction of sp³-hybridized carbons (Fsp3) is 0.684. The van der Waals surface area contributed by atoms with Crippen LogP contribution in [-0.4, -0.2) is 32.4 Å². The first-order chi connectivity index (χ1) is 11.3. The number of benzene rings is 1. The summed E-state index contributed by atoms with van der Waals surface area (Å²) in [6.07, 6.45) is 4.43. The molecule has 0 amide bonds. The zero-order valence-electron chi connectivity index (χ0n) is 15.4. The van der Waals surface area contributed by atoms with Crippen molar-refractivity contribution in [1.29, 1.82) is 0 Å². The number of ether oxygens (including phenoxy) is 1. The lowest BCUT2D eigenvalue weighted by Gasteiger charge is -2.34. The summed E-state index contributed by atoms with van der Waals surface area (Å²) in [6.45, 7) is 10.2. The molecular weight excluding hydrogens is 322 g/mol. The summed E-state index contributed by atoms with van der Waals surface area (Å²) in [6, 6.07) is 5.22. The van der Waals surface area contributed by atoms with Crippen LogP contribution in [0.25, 0.3) is 0 Å². The molecular formula is C19H31NO3S. The van der Waals surface area contributed by atoms with Crippen molar-refractivity contribution in [3.05, 3.63) is 23.8 Å². The van der Waals surface area contributed by atoms with E-state index in [4.69, 9.17) is 4.74 Å². The third-order valence-corrected chi connectivity index (χ3v) is 6.45. The minimum atomic E-state index is -3.42. The summed E-state index contributed by atoms with van der Waals surface area (Å²) in [5.74, 6) is 1.60. The van der Waals surface area contributed by atoms with Gasteiger partial charge in [-0.1, -0.05) is 33.6 Å². The quantitative estimate of drug-likeness (QED) is 0.689. The Hall–Kier alpha value is -1.07. The Morgan fingerprint density at radius 2 is 1.83 bits per heavy atom. The number of unbranched alkanes of at least 4 members (excludes halogenated alkanes) is 2. The molecule has 0 saturated carbocycles. The van der Waals surface area contributed by atoms with Crippen LogP contribution < -0.4 is 4.74 Å². The Bertz CT molecular complexity index is 632. The molecule has 0 aromatic heterocycles. The molecule has 2 rings (SSSR count). The Balaban J connectivity index is 2.12. The maximum absolute atomic E-state index is 12.9. The summed E-state index contributed by atoms with van der Waals surface area (Å²) < 4.78 is 33.3. The fourth-order valence-corrected chi connectivity index (χ4v) is 5.19. The second-order valence-electron chi connectivity index (χ2n) is 7.25. The van der Waals surface area contributed by atoms with Crippen molar-refractivity contribution in [3.8, 4) is 5.75 Å². The molecule has 0 bridgehead atoms. The number of sulfonamides is 1. The molecule has 0 spiro atoms. The van der Waals surface area contributed by atoms with Crippen LogP contribution in [0.1, 0.15) is 52.0 Å². The molecule has 1 saturated heterocycles. The Morgan fingerprint density at radius 3 is 2.42 bits per heavy atom. The van der Waals surface area contributed by atoms with Crippen LogP contribution in [0.15, 0.2) is 23.1 Å². The highest BCUT2D eigenvalue weighted by atomic mass is 32.2. The highest BCUT2D eigenvalue weighted by Gasteiger charge is 2.31. The van der Waals surface area contributed by atoms with Gasteiger partial charge in [-0.15, -0.1) is 0 Å². The van der Waals surface area contributed by atoms with Gasteiger partial charge >= 0.3 is 0 Å². The molecule has 0 unspecified atom stereocenters. The van der Waals surface area contributed by atoms with Crippen molar-refractivity contribution >= 4 is 10.0 Å². The van der Waals surface area contributed by atoms with Crippen LogP contribution >= 0.6 is 0 Å². The zero-order valence-corrected chi connectivity index (χ0v) is 16.2. The largest absolute Gasteiger partial charge is 0.493 e. The number of nitrogens with zero attached hydrogens (tertiary/aromatic N) is 1. The molecule has 0 N–H and O–H groups in total. The minimum absolute atomic E-state index is 0.377. The van der Waals surface area contributed by atoms with Crippen molar-refractivity contribution in [2.75, 3.05) is 19.7 Å². The van der Waals surface area contributed by atoms with E-state index in [0.717, 1.165) is 37.0 Å². The number of piperidine rings is 1. The molecule has 1 fully saturated rings. The zero-order chi connectivity index (χ0) is 17.7. The highest BCUT2D eigenvalue weighted by Crippen LogP contribution is 2.29. The lowest BCUT2D eigenvalue weighted by atomic mass is 9.94. The van der Waals surface area contributed by atoms with Gasteiger partial charge in [0.25, 0.3) is 0 Å². The van der Waals surface area contributed by atoms with Gasteiger partial charge in [0.2, 0.25) is 10.0 Å². The van der Waals surface area contributed by atoms with Gasteiger partial charge in [-0.3, -0.25) is 0 Å². The third-order valence-electron chi connectivity index (χ3n) is 4.62. The van der Waals surface area contributed by atoms with Gasteiger partial charge in [0.05, 0.1) is 11.5 Å². The molecule has 136 valence electrons. The van der Waals surface area contributed by atoms with Crippen LogP contribution in [0.5, 0.6) is 5.75 Å². The van der Waals surface area contributed by atoms with Gasteiger partial charge < -0.3 is 4.74 Å². The smallest absolute Gasteiger partial charge is 0.243 e. The van der Waals surface area contributed by atoms with Crippen LogP contribution in [0.2, 0.25) is 0 Å². The van der Waals surface area contributed by atoms with Gasteiger partial charge in [0.15, 0.2) is 0 Å². The van der Waals surface area contributed by atoms with E-state index < -0.39 is 10.0 Å². The van der Waals surface area contributed by atoms with E-state index in [-0.39, 0.29) is 0 Å². The summed E-state index contributed by atoms with van der Waals surface area (Å²) in [7, 11) is -3.42. The maximum atomic E-state index is 12.9. The van der Waals surface area contributed by atoms with Crippen molar-refractivity contribution in [1.82, 2.24) is 4.31 Å². The van der Waals surface area contributed by atoms with E-state index in [1.165, 1.54) is 0 Å². The normalized spacial score (nSPS) is 22.5. The van der Waals surface area contributed by atoms with Crippen LogP contribution in [0.4, 0.5) is 0 Å². The van der Waals surface area contributed by atoms with E-state index in [0.29, 0.717) is 36.4 Å². The summed E-state index contributed by atoms with van der Waals surface area (Å²) in [4.78, 5) is 0.377. The Labute approximate surface area is 147 Å². The number of rotatable bonds is 7. The summed E-state index contributed by atoms with van der Waals surface area (Å²) >= 11 is 0. The van der Waals surface area contributed by atoms with Crippen LogP contribution in [-0.2, 0) is 10.0 Å². The second kappa shape index (κ2) is 8.34. The topological polar surface area (TPSA) is 46.6 Å². The van der Waals surface area contributed by atoms with Gasteiger partial charge in [-0.25, -0.2) is 8.42 Å². The molecule has 1 aromatic rings. The van der Waals surface area contributed by atoms with Crippen molar-refractivity contribution in [2.45, 2.75) is 58.3 Å². The molecule has 24 heavy (non-hydrogen) atoms. The van der Waals surface area contributed by atoms with Crippen LogP contribution in [0, 0.1) is 18.8 Å². The Morgan fingerprint density at radius 1 is 1.17 bits per heavy atom. The van der Waals surface area contributed by atoms with E-state index in [1.807, 2.05) is 6.92 Å². The monoisotopic (exact) mass is 353 g/mol. The van der Waals surface area contributed by atoms with E-state index >= 15 is 0 Å². The van der Waals surface area contributed by atoms with Crippen LogP contribution in [0.3, 0.4) is 0 Å². The third kappa shape index (κ3) is 4.73. The summed E-state index contributed by atoms with van der Waals surface area (Å²) in [5, 5.41) is 0. The molecule has 1 aliphatic heterocycles. The first-order valence-electron chi connectivity index (χ1n) is 9.08. The fourth-order valence-electron chi connectivity index (χ4n) is 3.43. The molecule has 4 nitrogen and oxygen atoms in total. The lowest BCUT2D eigenvalue weighted by molar-refractivity contribution is 0.222. The standard InChI is InChI=1S/C19H31NO3S/c1-5-6-7-10-23-19-9-8-18(12-17(19)4)24(21,22)20-13-15(2)11-16(3)14-20/h8-9,12,15-16H,5-7,10-11,13-14H2,1-4H3/t15-,16-/m0/s1. The lowest BCUT2D eigenvalue weighted by Crippen LogP contribution is -2.42. The maximum Gasteiger partial charge on any atom is 0.243 e. The van der Waals surface area contributed by atoms with E-state index in [2.05, 4.69) is 20.8 Å². The average Bonchev–Trinajstić information content (AvgIpc) is 2.51. The highest BCUT2D eigenvalue weighted by molar-refractivity contribution is 7.89. The predicted octanol–water partition coefficient (Wildman–Crippen LogP) is 4.23. The average molecular weight is 354 g/mol. The number of hydrogen-bond donors (Lipinski definition) is 0. The molecule has 0 radical (unpaired) electrons. The molecule has 0 aliphatic carbocycles. The molecule has 1 aliphatic rings. The number of hydrogen-bond acceptors (Lipinski definition) is 3. The Kier molecular flexibility index (Phi) is 6.70. The molecule has 2 atom stereocenters. The first-order valence-corrected chi connectivity index (χ1v) is 10.5. The van der Waals surface area contributed by atoms with Gasteiger partial charge in [-0.2, -0.15) is 4.31 Å². The van der Waals surface area contributed by atoms with Gasteiger partial charge in [0.1, 0.15) is 5.75 Å². The minimum Gasteiger partial charge on any atom is -0.493 e. The first kappa shape index (κ1) is 19.3. The second-order valence-corrected chi connectivity index (χ2v) is 9.19. The predicted molar refractivity (Wildman–Crippen MR) is 97.9 cm³/mol. The SMILES string of the molecule is CCCCCOc1ccc(S(=O)(=O)N2C[C@@H](C)C[C@H](C)C2)cc1C. The molecule has 1 heterocycles. The van der Waals surface area contributed by atoms with E-state index in [9.17, 15) is 8.42 Å². The van der Waals surface area contributed by atoms with Crippen molar-refractivity contribution in [2.24, 2.45) is 11.8 Å². The number of aryl methyl sites for hydroxylation is 1. The van der Waals surface area contributed by atoms with E-state index in [1.54, 1.807) is 22.5 Å². The summed E-state index contributed by atoms with van der Waals surface area (Å²) in [5.41, 5.74) is 0.880. The molecule has 1 aromatic carbocycles.